The SMILES string of the molecule is CCC[CH2][Sn]([CH2]CCC)([CH2]CCC)[c]1cn(C)cn1.Cn1cnc(-c2ccncc2N)c1.Cn1cnc(-c2ccncc2[N+](=O)[O-])c1.O=[N+]([O-])c1cnccc1Cl. The number of nitrogens with two attached hydrogens (primary N) is 1. The van der Waals surface area contributed by atoms with Gasteiger partial charge < -0.3 is 14.9 Å². The fourth-order valence-corrected chi connectivity index (χ4v) is 21.6. The van der Waals surface area contributed by atoms with E-state index in [2.05, 4.69) is 63.5 Å². The zero-order valence-corrected chi connectivity index (χ0v) is 37.1. The predicted molar refractivity (Wildman–Crippen MR) is 228 cm³/mol. The molecule has 18 heteroatoms. The van der Waals surface area contributed by atoms with Gasteiger partial charge in [0, 0.05) is 50.6 Å². The second kappa shape index (κ2) is 23.7. The van der Waals surface area contributed by atoms with Crippen molar-refractivity contribution < 1.29 is 9.85 Å². The van der Waals surface area contributed by atoms with Crippen LogP contribution in [-0.4, -0.2) is 71.8 Å². The summed E-state index contributed by atoms with van der Waals surface area (Å²) in [6.07, 6.45) is 28.2. The molecular weight excluding hydrogens is 855 g/mol. The quantitative estimate of drug-likeness (QED) is 0.0623. The van der Waals surface area contributed by atoms with Crippen LogP contribution in [0.1, 0.15) is 59.3 Å². The van der Waals surface area contributed by atoms with Gasteiger partial charge in [0.25, 0.3) is 5.69 Å². The topological polar surface area (TPSA) is 204 Å². The van der Waals surface area contributed by atoms with Crippen LogP contribution in [0.4, 0.5) is 17.1 Å². The second-order valence-corrected chi connectivity index (χ2v) is 27.0. The number of anilines is 1. The summed E-state index contributed by atoms with van der Waals surface area (Å²) in [6.45, 7) is 6.98. The largest absolute Gasteiger partial charge is 0.397 e. The van der Waals surface area contributed by atoms with E-state index in [1.807, 2.05) is 37.3 Å². The van der Waals surface area contributed by atoms with E-state index in [0.29, 0.717) is 16.9 Å². The van der Waals surface area contributed by atoms with Crippen LogP contribution >= 0.6 is 11.6 Å². The normalized spacial score (nSPS) is 10.6. The molecule has 0 aliphatic rings. The van der Waals surface area contributed by atoms with Crippen molar-refractivity contribution in [2.24, 2.45) is 21.1 Å². The molecule has 0 amide bonds. The average molecular weight is 908 g/mol. The molecule has 0 bridgehead atoms. The van der Waals surface area contributed by atoms with Gasteiger partial charge in [0.2, 0.25) is 0 Å². The van der Waals surface area contributed by atoms with Gasteiger partial charge in [-0.3, -0.25) is 35.2 Å². The molecule has 2 N–H and O–H groups in total. The fraction of sp³-hybridized carbons (Fsp3) is 0.385. The summed E-state index contributed by atoms with van der Waals surface area (Å²) in [5, 5.41) is 20.9. The van der Waals surface area contributed by atoms with Gasteiger partial charge >= 0.3 is 130 Å². The van der Waals surface area contributed by atoms with Crippen LogP contribution < -0.4 is 9.44 Å². The first-order valence-corrected chi connectivity index (χ1v) is 26.7. The molecule has 0 saturated heterocycles. The molecule has 0 atom stereocenters. The number of imidazole rings is 3. The molecule has 0 aromatic carbocycles. The van der Waals surface area contributed by atoms with Crippen molar-refractivity contribution >= 4 is 50.7 Å². The number of pyridine rings is 3. The molecule has 0 fully saturated rings. The van der Waals surface area contributed by atoms with E-state index in [1.165, 1.54) is 76.5 Å². The molecule has 0 unspecified atom stereocenters. The maximum Gasteiger partial charge on any atom is 0.305 e. The minimum atomic E-state index is -2.21. The van der Waals surface area contributed by atoms with Crippen molar-refractivity contribution in [3.8, 4) is 22.5 Å². The van der Waals surface area contributed by atoms with E-state index in [-0.39, 0.29) is 16.4 Å². The van der Waals surface area contributed by atoms with Crippen LogP contribution in [0, 0.1) is 20.2 Å². The number of nitrogens with zero attached hydrogens (tertiary/aromatic N) is 11. The predicted octanol–water partition coefficient (Wildman–Crippen LogP) is 8.57. The van der Waals surface area contributed by atoms with E-state index in [4.69, 9.17) is 22.3 Å². The van der Waals surface area contributed by atoms with Gasteiger partial charge in [-0.15, -0.1) is 0 Å². The molecule has 0 aliphatic carbocycles. The molecule has 304 valence electrons. The monoisotopic (exact) mass is 908 g/mol. The van der Waals surface area contributed by atoms with Crippen molar-refractivity contribution in [1.29, 1.82) is 0 Å². The molecule has 6 rings (SSSR count). The maximum absolute atomic E-state index is 10.7. The first kappa shape index (κ1) is 46.2. The Kier molecular flexibility index (Phi) is 19.2. The Labute approximate surface area is 342 Å². The van der Waals surface area contributed by atoms with E-state index >= 15 is 0 Å². The number of rotatable bonds is 14. The maximum atomic E-state index is 10.7. The Bertz CT molecular complexity index is 2120. The minimum absolute atomic E-state index is 0.0313. The van der Waals surface area contributed by atoms with Crippen LogP contribution in [-0.2, 0) is 21.1 Å². The van der Waals surface area contributed by atoms with Crippen LogP contribution in [0.25, 0.3) is 22.5 Å². The van der Waals surface area contributed by atoms with E-state index in [0.717, 1.165) is 17.5 Å². The summed E-state index contributed by atoms with van der Waals surface area (Å²) in [6, 6.07) is 4.82. The minimum Gasteiger partial charge on any atom is -0.397 e. The van der Waals surface area contributed by atoms with E-state index in [9.17, 15) is 20.2 Å². The zero-order valence-electron chi connectivity index (χ0n) is 33.5. The van der Waals surface area contributed by atoms with Crippen molar-refractivity contribution in [2.75, 3.05) is 5.73 Å². The number of unbranched alkanes of at least 4 members (excludes halogenated alkanes) is 3. The zero-order chi connectivity index (χ0) is 41.8. The number of aryl methyl sites for hydroxylation is 3. The van der Waals surface area contributed by atoms with E-state index in [1.54, 1.807) is 45.6 Å². The fourth-order valence-electron chi connectivity index (χ4n) is 5.99. The van der Waals surface area contributed by atoms with Gasteiger partial charge in [0.15, 0.2) is 0 Å². The van der Waals surface area contributed by atoms with Crippen LogP contribution in [0.2, 0.25) is 18.3 Å². The van der Waals surface area contributed by atoms with E-state index < -0.39 is 28.2 Å². The molecule has 16 nitrogen and oxygen atoms in total. The average Bonchev–Trinajstić information content (AvgIpc) is 3.97. The number of hydrogen-bond donors (Lipinski definition) is 1. The summed E-state index contributed by atoms with van der Waals surface area (Å²) in [5.41, 5.74) is 9.07. The molecule has 6 aromatic rings. The number of nitro groups is 2. The summed E-state index contributed by atoms with van der Waals surface area (Å²) in [4.78, 5) is 44.0. The molecule has 0 saturated carbocycles. The van der Waals surface area contributed by atoms with Gasteiger partial charge in [-0.2, -0.15) is 0 Å². The standard InChI is InChI=1S/C9H8N4O2.C9H10N4.C5H3ClN2O2.C4H5N2.3C4H9.Sn/c1-12-5-8(11-6-12)7-2-3-10-4-9(7)13(14)15;1-13-5-9(12-6-13)7-2-3-11-4-8(7)10;6-4-1-2-7-3-5(4)8(9)10;1-6-3-2-5-4-6;3*1-3-4-2;/h2-6H,1H3;2-6H,10H2,1H3;1-3H;3-4H,1H3;3*1,3-4H2,2H3;. The van der Waals surface area contributed by atoms with Crippen molar-refractivity contribution in [1.82, 2.24) is 43.6 Å². The van der Waals surface area contributed by atoms with Crippen molar-refractivity contribution in [2.45, 2.75) is 72.6 Å². The van der Waals surface area contributed by atoms with Gasteiger partial charge in [0.1, 0.15) is 17.4 Å². The van der Waals surface area contributed by atoms with Gasteiger partial charge in [-0.05, 0) is 18.2 Å². The Morgan fingerprint density at radius 3 is 1.49 bits per heavy atom. The third kappa shape index (κ3) is 14.3. The summed E-state index contributed by atoms with van der Waals surface area (Å²) in [5.74, 6) is 0. The molecule has 0 radical (unpaired) electrons. The molecular formula is C39H53ClN12O4Sn. The summed E-state index contributed by atoms with van der Waals surface area (Å²) in [7, 11) is 5.85. The number of nitrogen functional groups attached to an aromatic ring is 1. The van der Waals surface area contributed by atoms with Crippen molar-refractivity contribution in [3.63, 3.8) is 0 Å². The van der Waals surface area contributed by atoms with Gasteiger partial charge in [-0.1, -0.05) is 11.6 Å². The molecule has 0 spiro atoms. The van der Waals surface area contributed by atoms with Crippen LogP contribution in [0.3, 0.4) is 0 Å². The van der Waals surface area contributed by atoms with Crippen molar-refractivity contribution in [3.05, 3.63) is 118 Å². The number of hydrogen-bond acceptors (Lipinski definition) is 11. The number of halogens is 1. The smallest absolute Gasteiger partial charge is 0.305 e. The molecule has 0 aliphatic heterocycles. The molecule has 6 heterocycles. The van der Waals surface area contributed by atoms with Gasteiger partial charge in [0.05, 0.1) is 51.3 Å². The second-order valence-electron chi connectivity index (χ2n) is 13.6. The molecule has 57 heavy (non-hydrogen) atoms. The first-order valence-electron chi connectivity index (χ1n) is 18.8. The van der Waals surface area contributed by atoms with Crippen LogP contribution in [0.15, 0.2) is 93.0 Å². The van der Waals surface area contributed by atoms with Gasteiger partial charge in [-0.25, -0.2) is 9.97 Å². The number of aromatic nitrogens is 9. The Morgan fingerprint density at radius 2 is 1.09 bits per heavy atom. The molecule has 6 aromatic heterocycles. The summed E-state index contributed by atoms with van der Waals surface area (Å²) < 4.78 is 11.9. The Balaban J connectivity index is 0.000000208. The Hall–Kier alpha value is -5.23. The summed E-state index contributed by atoms with van der Waals surface area (Å²) >= 11 is 3.23. The Morgan fingerprint density at radius 1 is 0.649 bits per heavy atom. The first-order chi connectivity index (χ1) is 27.3. The third-order valence-corrected chi connectivity index (χ3v) is 24.4. The third-order valence-electron chi connectivity index (χ3n) is 9.03. The van der Waals surface area contributed by atoms with Crippen LogP contribution in [0.5, 0.6) is 0 Å².